The van der Waals surface area contributed by atoms with Crippen LogP contribution in [-0.4, -0.2) is 18.3 Å². The summed E-state index contributed by atoms with van der Waals surface area (Å²) in [5, 5.41) is 0.789. The zero-order chi connectivity index (χ0) is 14.8. The number of halogens is 1. The average molecular weight is 293 g/mol. The summed E-state index contributed by atoms with van der Waals surface area (Å²) in [6.07, 6.45) is 4.03. The molecule has 0 N–H and O–H groups in total. The number of allylic oxidation sites excluding steroid dienone is 1. The lowest BCUT2D eigenvalue weighted by Crippen LogP contribution is -2.41. The van der Waals surface area contributed by atoms with Crippen molar-refractivity contribution in [3.8, 4) is 0 Å². The number of benzene rings is 1. The highest BCUT2D eigenvalue weighted by atomic mass is 35.5. The Kier molecular flexibility index (Phi) is 4.63. The molecule has 0 saturated carbocycles. The van der Waals surface area contributed by atoms with Gasteiger partial charge in [-0.15, -0.1) is 0 Å². The standard InChI is InChI=1S/C16H22BClO2/c1-15(2)16(3,4)20-17(19-15)11-6-5-8-13-9-7-10-14(18)12-13/h6-7,9-12H,5,8H2,1-4H3/b11-6+. The number of hydrogen-bond acceptors (Lipinski definition) is 2. The molecule has 1 fully saturated rings. The van der Waals surface area contributed by atoms with Crippen LogP contribution >= 0.6 is 11.6 Å². The van der Waals surface area contributed by atoms with Crippen LogP contribution in [0.2, 0.25) is 5.02 Å². The van der Waals surface area contributed by atoms with Gasteiger partial charge in [0.1, 0.15) is 0 Å². The fourth-order valence-corrected chi connectivity index (χ4v) is 2.33. The highest BCUT2D eigenvalue weighted by Gasteiger charge is 2.49. The van der Waals surface area contributed by atoms with Crippen molar-refractivity contribution in [2.45, 2.75) is 51.7 Å². The van der Waals surface area contributed by atoms with E-state index < -0.39 is 0 Å². The Morgan fingerprint density at radius 1 is 1.15 bits per heavy atom. The highest BCUT2D eigenvalue weighted by molar-refractivity contribution is 6.51. The van der Waals surface area contributed by atoms with Crippen LogP contribution in [0.15, 0.2) is 36.3 Å². The second-order valence-electron chi connectivity index (χ2n) is 6.22. The van der Waals surface area contributed by atoms with Crippen LogP contribution in [0.25, 0.3) is 0 Å². The minimum absolute atomic E-state index is 0.251. The van der Waals surface area contributed by atoms with Crippen molar-refractivity contribution in [3.05, 3.63) is 46.9 Å². The second-order valence-corrected chi connectivity index (χ2v) is 6.66. The lowest BCUT2D eigenvalue weighted by molar-refractivity contribution is 0.00578. The predicted molar refractivity (Wildman–Crippen MR) is 85.0 cm³/mol. The van der Waals surface area contributed by atoms with Gasteiger partial charge in [0.25, 0.3) is 0 Å². The van der Waals surface area contributed by atoms with Crippen molar-refractivity contribution < 1.29 is 9.31 Å². The van der Waals surface area contributed by atoms with Gasteiger partial charge in [-0.2, -0.15) is 0 Å². The van der Waals surface area contributed by atoms with E-state index in [2.05, 4.69) is 39.8 Å². The topological polar surface area (TPSA) is 18.5 Å². The molecule has 2 nitrogen and oxygen atoms in total. The third kappa shape index (κ3) is 3.66. The average Bonchev–Trinajstić information content (AvgIpc) is 2.54. The summed E-state index contributed by atoms with van der Waals surface area (Å²) in [4.78, 5) is 0. The molecule has 0 unspecified atom stereocenters. The van der Waals surface area contributed by atoms with E-state index in [9.17, 15) is 0 Å². The van der Waals surface area contributed by atoms with E-state index in [0.717, 1.165) is 17.9 Å². The van der Waals surface area contributed by atoms with Gasteiger partial charge in [-0.1, -0.05) is 35.8 Å². The van der Waals surface area contributed by atoms with Gasteiger partial charge in [0.2, 0.25) is 0 Å². The van der Waals surface area contributed by atoms with Gasteiger partial charge >= 0.3 is 7.12 Å². The van der Waals surface area contributed by atoms with E-state index in [1.54, 1.807) is 0 Å². The monoisotopic (exact) mass is 292 g/mol. The van der Waals surface area contributed by atoms with Gasteiger partial charge in [-0.05, 0) is 58.2 Å². The smallest absolute Gasteiger partial charge is 0.400 e. The number of hydrogen-bond donors (Lipinski definition) is 0. The molecule has 0 amide bonds. The summed E-state index contributed by atoms with van der Waals surface area (Å²) in [5.74, 6) is 2.00. The minimum Gasteiger partial charge on any atom is -0.400 e. The van der Waals surface area contributed by atoms with Crippen molar-refractivity contribution in [3.63, 3.8) is 0 Å². The first-order valence-electron chi connectivity index (χ1n) is 7.07. The van der Waals surface area contributed by atoms with E-state index in [0.29, 0.717) is 0 Å². The van der Waals surface area contributed by atoms with Crippen LogP contribution in [0, 0.1) is 0 Å². The maximum Gasteiger partial charge on any atom is 0.486 e. The van der Waals surface area contributed by atoms with Crippen LogP contribution in [0.5, 0.6) is 0 Å². The molecule has 108 valence electrons. The third-order valence-electron chi connectivity index (χ3n) is 4.05. The van der Waals surface area contributed by atoms with Gasteiger partial charge in [-0.25, -0.2) is 0 Å². The quantitative estimate of drug-likeness (QED) is 0.763. The molecule has 1 saturated heterocycles. The first-order valence-corrected chi connectivity index (χ1v) is 7.45. The van der Waals surface area contributed by atoms with Crippen LogP contribution in [0.3, 0.4) is 0 Å². The van der Waals surface area contributed by atoms with Crippen LogP contribution in [-0.2, 0) is 15.7 Å². The number of rotatable bonds is 4. The molecule has 1 heterocycles. The zero-order valence-corrected chi connectivity index (χ0v) is 13.4. The second kappa shape index (κ2) is 5.93. The van der Waals surface area contributed by atoms with Gasteiger partial charge in [0.15, 0.2) is 0 Å². The molecular formula is C16H22BClO2. The first-order chi connectivity index (χ1) is 9.30. The van der Waals surface area contributed by atoms with Gasteiger partial charge in [-0.3, -0.25) is 0 Å². The van der Waals surface area contributed by atoms with Crippen molar-refractivity contribution in [2.24, 2.45) is 0 Å². The Balaban J connectivity index is 1.83. The van der Waals surface area contributed by atoms with E-state index in [4.69, 9.17) is 20.9 Å². The van der Waals surface area contributed by atoms with E-state index in [-0.39, 0.29) is 18.3 Å². The molecule has 1 aliphatic rings. The Morgan fingerprint density at radius 3 is 2.40 bits per heavy atom. The Labute approximate surface area is 127 Å². The summed E-state index contributed by atoms with van der Waals surface area (Å²) in [6, 6.07) is 7.97. The van der Waals surface area contributed by atoms with Crippen molar-refractivity contribution >= 4 is 18.7 Å². The van der Waals surface area contributed by atoms with Crippen molar-refractivity contribution in [2.75, 3.05) is 0 Å². The fourth-order valence-electron chi connectivity index (χ4n) is 2.12. The first kappa shape index (κ1) is 15.6. The molecule has 1 aliphatic heterocycles. The predicted octanol–water partition coefficient (Wildman–Crippen LogP) is 4.46. The van der Waals surface area contributed by atoms with Gasteiger partial charge in [0.05, 0.1) is 11.2 Å². The molecule has 20 heavy (non-hydrogen) atoms. The maximum absolute atomic E-state index is 5.97. The molecule has 0 aromatic heterocycles. The summed E-state index contributed by atoms with van der Waals surface area (Å²) in [6.45, 7) is 8.25. The molecule has 1 aromatic rings. The molecule has 0 aliphatic carbocycles. The molecule has 2 rings (SSSR count). The summed E-state index contributed by atoms with van der Waals surface area (Å²) in [5.41, 5.74) is 0.709. The number of aryl methyl sites for hydroxylation is 1. The Hall–Kier alpha value is -0.765. The van der Waals surface area contributed by atoms with Crippen LogP contribution in [0.1, 0.15) is 39.7 Å². The Bertz CT molecular complexity index is 481. The van der Waals surface area contributed by atoms with E-state index >= 15 is 0 Å². The zero-order valence-electron chi connectivity index (χ0n) is 12.7. The SMILES string of the molecule is CC1(C)OB(/C=C/CCc2cccc(Cl)c2)OC1(C)C. The van der Waals surface area contributed by atoms with Gasteiger partial charge < -0.3 is 9.31 Å². The summed E-state index contributed by atoms with van der Waals surface area (Å²) in [7, 11) is -0.251. The van der Waals surface area contributed by atoms with Crippen molar-refractivity contribution in [1.82, 2.24) is 0 Å². The molecule has 0 bridgehead atoms. The fraction of sp³-hybridized carbons (Fsp3) is 0.500. The van der Waals surface area contributed by atoms with Gasteiger partial charge in [0, 0.05) is 5.02 Å². The van der Waals surface area contributed by atoms with Crippen molar-refractivity contribution in [1.29, 1.82) is 0 Å². The van der Waals surface area contributed by atoms with Crippen LogP contribution in [0.4, 0.5) is 0 Å². The molecule has 0 atom stereocenters. The molecular weight excluding hydrogens is 270 g/mol. The molecule has 0 spiro atoms. The minimum atomic E-state index is -0.269. The third-order valence-corrected chi connectivity index (χ3v) is 4.29. The Morgan fingerprint density at radius 2 is 1.80 bits per heavy atom. The lowest BCUT2D eigenvalue weighted by Gasteiger charge is -2.32. The molecule has 1 aromatic carbocycles. The van der Waals surface area contributed by atoms with E-state index in [1.165, 1.54) is 5.56 Å². The summed E-state index contributed by atoms with van der Waals surface area (Å²) < 4.78 is 11.8. The largest absolute Gasteiger partial charge is 0.486 e. The lowest BCUT2D eigenvalue weighted by atomic mass is 9.89. The maximum atomic E-state index is 5.97. The van der Waals surface area contributed by atoms with E-state index in [1.807, 2.05) is 24.2 Å². The van der Waals surface area contributed by atoms with Crippen LogP contribution < -0.4 is 0 Å². The normalized spacial score (nSPS) is 20.8. The molecule has 0 radical (unpaired) electrons. The summed E-state index contributed by atoms with van der Waals surface area (Å²) >= 11 is 5.97. The molecule has 4 heteroatoms. The highest BCUT2D eigenvalue weighted by Crippen LogP contribution is 2.36.